The van der Waals surface area contributed by atoms with Crippen molar-refractivity contribution in [3.05, 3.63) is 35.9 Å². The second-order valence-electron chi connectivity index (χ2n) is 5.16. The molecule has 1 saturated heterocycles. The van der Waals surface area contributed by atoms with Crippen LogP contribution in [0.25, 0.3) is 0 Å². The number of hydrogen-bond acceptors (Lipinski definition) is 2. The fourth-order valence-electron chi connectivity index (χ4n) is 2.49. The molecule has 1 unspecified atom stereocenters. The molecule has 1 aromatic rings. The lowest BCUT2D eigenvalue weighted by Crippen LogP contribution is -2.40. The molecule has 0 amide bonds. The minimum atomic E-state index is -3.17. The molecule has 0 aliphatic carbocycles. The Morgan fingerprint density at radius 1 is 1.26 bits per heavy atom. The Morgan fingerprint density at radius 2 is 1.84 bits per heavy atom. The fourth-order valence-corrected chi connectivity index (χ4v) is 4.58. The van der Waals surface area contributed by atoms with Crippen molar-refractivity contribution in [2.45, 2.75) is 30.3 Å². The summed E-state index contributed by atoms with van der Waals surface area (Å²) in [5, 5.41) is 0. The van der Waals surface area contributed by atoms with E-state index >= 15 is 0 Å². The Kier molecular flexibility index (Phi) is 5.03. The van der Waals surface area contributed by atoms with E-state index in [-0.39, 0.29) is 5.75 Å². The first kappa shape index (κ1) is 15.0. The average molecular weight is 346 g/mol. The van der Waals surface area contributed by atoms with E-state index in [0.717, 1.165) is 18.4 Å². The van der Waals surface area contributed by atoms with E-state index in [1.165, 1.54) is 0 Å². The molecule has 0 spiro atoms. The van der Waals surface area contributed by atoms with E-state index in [9.17, 15) is 8.42 Å². The van der Waals surface area contributed by atoms with E-state index in [1.807, 2.05) is 30.3 Å². The minimum Gasteiger partial charge on any atom is -0.212 e. The SMILES string of the molecule is CC(Br)C1CCN(S(=O)(=O)Cc2ccccc2)CC1. The number of alkyl halides is 1. The van der Waals surface area contributed by atoms with Crippen molar-refractivity contribution in [3.8, 4) is 0 Å². The summed E-state index contributed by atoms with van der Waals surface area (Å²) in [5.74, 6) is 0.700. The lowest BCUT2D eigenvalue weighted by atomic mass is 9.96. The zero-order chi connectivity index (χ0) is 13.9. The van der Waals surface area contributed by atoms with Crippen LogP contribution in [-0.4, -0.2) is 30.6 Å². The Labute approximate surface area is 124 Å². The second-order valence-corrected chi connectivity index (χ2v) is 8.57. The van der Waals surface area contributed by atoms with Gasteiger partial charge in [0.25, 0.3) is 0 Å². The first-order valence-electron chi connectivity index (χ1n) is 6.65. The molecule has 2 rings (SSSR count). The van der Waals surface area contributed by atoms with Gasteiger partial charge in [0.1, 0.15) is 0 Å². The molecule has 5 heteroatoms. The van der Waals surface area contributed by atoms with E-state index < -0.39 is 10.0 Å². The normalized spacial score (nSPS) is 20.3. The van der Waals surface area contributed by atoms with Crippen molar-refractivity contribution in [1.29, 1.82) is 0 Å². The summed E-state index contributed by atoms with van der Waals surface area (Å²) in [6.45, 7) is 3.43. The number of halogens is 1. The minimum absolute atomic E-state index is 0.113. The van der Waals surface area contributed by atoms with Crippen LogP contribution in [0.3, 0.4) is 0 Å². The van der Waals surface area contributed by atoms with Crippen molar-refractivity contribution in [3.63, 3.8) is 0 Å². The summed E-state index contributed by atoms with van der Waals surface area (Å²) in [6, 6.07) is 9.39. The topological polar surface area (TPSA) is 37.4 Å². The molecule has 1 aliphatic heterocycles. The fraction of sp³-hybridized carbons (Fsp3) is 0.571. The number of hydrogen-bond donors (Lipinski definition) is 0. The first-order valence-corrected chi connectivity index (χ1v) is 9.17. The number of nitrogens with zero attached hydrogens (tertiary/aromatic N) is 1. The molecular formula is C14H20BrNO2S. The molecule has 106 valence electrons. The Bertz CT molecular complexity index is 493. The number of benzene rings is 1. The maximum Gasteiger partial charge on any atom is 0.218 e. The molecule has 19 heavy (non-hydrogen) atoms. The highest BCUT2D eigenvalue weighted by atomic mass is 79.9. The quantitative estimate of drug-likeness (QED) is 0.786. The van der Waals surface area contributed by atoms with Crippen LogP contribution >= 0.6 is 15.9 Å². The summed E-state index contributed by atoms with van der Waals surface area (Å²) < 4.78 is 26.3. The van der Waals surface area contributed by atoms with Crippen molar-refractivity contribution in [1.82, 2.24) is 4.31 Å². The van der Waals surface area contributed by atoms with Gasteiger partial charge in [-0.05, 0) is 24.3 Å². The molecule has 1 aromatic carbocycles. The van der Waals surface area contributed by atoms with E-state index in [1.54, 1.807) is 4.31 Å². The first-order chi connectivity index (χ1) is 8.99. The highest BCUT2D eigenvalue weighted by Crippen LogP contribution is 2.27. The lowest BCUT2D eigenvalue weighted by molar-refractivity contribution is 0.274. The van der Waals surface area contributed by atoms with Gasteiger partial charge in [-0.25, -0.2) is 12.7 Å². The molecular weight excluding hydrogens is 326 g/mol. The van der Waals surface area contributed by atoms with Crippen molar-refractivity contribution >= 4 is 26.0 Å². The van der Waals surface area contributed by atoms with Crippen LogP contribution in [0.1, 0.15) is 25.3 Å². The van der Waals surface area contributed by atoms with Gasteiger partial charge in [0.05, 0.1) is 5.75 Å². The molecule has 1 aliphatic rings. The molecule has 1 fully saturated rings. The summed E-state index contributed by atoms with van der Waals surface area (Å²) in [4.78, 5) is 0.464. The summed E-state index contributed by atoms with van der Waals surface area (Å²) in [5.41, 5.74) is 0.860. The Balaban J connectivity index is 1.98. The second kappa shape index (κ2) is 6.37. The predicted molar refractivity (Wildman–Crippen MR) is 81.8 cm³/mol. The Hall–Kier alpha value is -0.390. The van der Waals surface area contributed by atoms with Crippen LogP contribution in [-0.2, 0) is 15.8 Å². The van der Waals surface area contributed by atoms with Gasteiger partial charge in [-0.1, -0.05) is 53.2 Å². The van der Waals surface area contributed by atoms with Crippen molar-refractivity contribution in [2.24, 2.45) is 5.92 Å². The third kappa shape index (κ3) is 4.04. The third-order valence-corrected chi connectivity index (χ3v) is 6.33. The van der Waals surface area contributed by atoms with Crippen molar-refractivity contribution < 1.29 is 8.42 Å². The zero-order valence-electron chi connectivity index (χ0n) is 11.1. The van der Waals surface area contributed by atoms with E-state index in [4.69, 9.17) is 0 Å². The molecule has 3 nitrogen and oxygen atoms in total. The standard InChI is InChI=1S/C14H20BrNO2S/c1-12(15)14-7-9-16(10-8-14)19(17,18)11-13-5-3-2-4-6-13/h2-6,12,14H,7-11H2,1H3. The number of piperidine rings is 1. The number of sulfonamides is 1. The zero-order valence-corrected chi connectivity index (χ0v) is 13.5. The third-order valence-electron chi connectivity index (χ3n) is 3.73. The van der Waals surface area contributed by atoms with Crippen LogP contribution in [0.4, 0.5) is 0 Å². The molecule has 1 heterocycles. The molecule has 0 aromatic heterocycles. The van der Waals surface area contributed by atoms with Crippen LogP contribution < -0.4 is 0 Å². The summed E-state index contributed by atoms with van der Waals surface area (Å²) >= 11 is 3.59. The maximum absolute atomic E-state index is 12.3. The molecule has 0 N–H and O–H groups in total. The molecule has 0 saturated carbocycles. The highest BCUT2D eigenvalue weighted by molar-refractivity contribution is 9.09. The largest absolute Gasteiger partial charge is 0.218 e. The van der Waals surface area contributed by atoms with Gasteiger partial charge < -0.3 is 0 Å². The van der Waals surface area contributed by atoms with Crippen LogP contribution in [0, 0.1) is 5.92 Å². The Morgan fingerprint density at radius 3 is 2.37 bits per heavy atom. The maximum atomic E-state index is 12.3. The van der Waals surface area contributed by atoms with Gasteiger partial charge in [-0.3, -0.25) is 0 Å². The lowest BCUT2D eigenvalue weighted by Gasteiger charge is -2.32. The summed E-state index contributed by atoms with van der Waals surface area (Å²) in [6.07, 6.45) is 1.89. The smallest absolute Gasteiger partial charge is 0.212 e. The van der Waals surface area contributed by atoms with Gasteiger partial charge in [0.15, 0.2) is 0 Å². The van der Waals surface area contributed by atoms with E-state index in [2.05, 4.69) is 22.9 Å². The summed E-state index contributed by atoms with van der Waals surface area (Å²) in [7, 11) is -3.17. The van der Waals surface area contributed by atoms with Gasteiger partial charge in [0, 0.05) is 17.9 Å². The molecule has 0 radical (unpaired) electrons. The monoisotopic (exact) mass is 345 g/mol. The van der Waals surface area contributed by atoms with Gasteiger partial charge in [-0.2, -0.15) is 0 Å². The van der Waals surface area contributed by atoms with Crippen molar-refractivity contribution in [2.75, 3.05) is 13.1 Å². The molecule has 0 bridgehead atoms. The van der Waals surface area contributed by atoms with Crippen LogP contribution in [0.2, 0.25) is 0 Å². The van der Waals surface area contributed by atoms with E-state index in [0.29, 0.717) is 23.8 Å². The average Bonchev–Trinajstić information content (AvgIpc) is 2.39. The molecule has 1 atom stereocenters. The van der Waals surface area contributed by atoms with Crippen LogP contribution in [0.15, 0.2) is 30.3 Å². The van der Waals surface area contributed by atoms with Gasteiger partial charge >= 0.3 is 0 Å². The number of rotatable bonds is 4. The van der Waals surface area contributed by atoms with Crippen LogP contribution in [0.5, 0.6) is 0 Å². The van der Waals surface area contributed by atoms with Gasteiger partial charge in [-0.15, -0.1) is 0 Å². The predicted octanol–water partition coefficient (Wildman–Crippen LogP) is 3.01. The highest BCUT2D eigenvalue weighted by Gasteiger charge is 2.29. The van der Waals surface area contributed by atoms with Gasteiger partial charge in [0.2, 0.25) is 10.0 Å².